The van der Waals surface area contributed by atoms with Gasteiger partial charge in [-0.25, -0.2) is 9.97 Å². The van der Waals surface area contributed by atoms with E-state index >= 15 is 8.78 Å². The largest absolute Gasteiger partial charge is 0.489 e. The molecule has 1 saturated heterocycles. The molecule has 12 heteroatoms. The predicted molar refractivity (Wildman–Crippen MR) is 121 cm³/mol. The van der Waals surface area contributed by atoms with Crippen molar-refractivity contribution >= 4 is 5.65 Å². The van der Waals surface area contributed by atoms with Crippen LogP contribution < -0.4 is 9.47 Å². The number of hydrogen-bond acceptors (Lipinski definition) is 9. The number of ether oxygens (including phenoxy) is 3. The monoisotopic (exact) mass is 483 g/mol. The summed E-state index contributed by atoms with van der Waals surface area (Å²) in [6.07, 6.45) is 3.07. The van der Waals surface area contributed by atoms with E-state index in [4.69, 9.17) is 14.2 Å². The number of methoxy groups -OCH3 is 1. The smallest absolute Gasteiger partial charge is 0.333 e. The van der Waals surface area contributed by atoms with Gasteiger partial charge in [-0.1, -0.05) is 18.2 Å². The molecular weight excluding hydrogens is 460 g/mol. The van der Waals surface area contributed by atoms with Gasteiger partial charge in [-0.2, -0.15) is 13.3 Å². The van der Waals surface area contributed by atoms with Crippen LogP contribution in [0, 0.1) is 0 Å². The van der Waals surface area contributed by atoms with Gasteiger partial charge in [-0.15, -0.1) is 15.3 Å². The van der Waals surface area contributed by atoms with E-state index in [0.29, 0.717) is 23.7 Å². The summed E-state index contributed by atoms with van der Waals surface area (Å²) in [6.45, 7) is 4.50. The van der Waals surface area contributed by atoms with Gasteiger partial charge in [-0.3, -0.25) is 4.90 Å². The van der Waals surface area contributed by atoms with Crippen molar-refractivity contribution in [1.82, 2.24) is 34.7 Å². The van der Waals surface area contributed by atoms with Crippen molar-refractivity contribution in [2.24, 2.45) is 0 Å². The molecule has 10 nitrogen and oxygen atoms in total. The molecule has 0 saturated carbocycles. The first kappa shape index (κ1) is 23.0. The molecule has 0 N–H and O–H groups in total. The zero-order chi connectivity index (χ0) is 24.3. The molecule has 4 heterocycles. The summed E-state index contributed by atoms with van der Waals surface area (Å²) < 4.78 is 48.0. The van der Waals surface area contributed by atoms with E-state index in [1.165, 1.54) is 49.8 Å². The highest BCUT2D eigenvalue weighted by Gasteiger charge is 2.40. The maximum Gasteiger partial charge on any atom is 0.333 e. The summed E-state index contributed by atoms with van der Waals surface area (Å²) in [5.74, 6) is -3.11. The Labute approximate surface area is 199 Å². The zero-order valence-electron chi connectivity index (χ0n) is 19.0. The van der Waals surface area contributed by atoms with Gasteiger partial charge in [0.25, 0.3) is 0 Å². The van der Waals surface area contributed by atoms with E-state index in [1.807, 2.05) is 0 Å². The molecule has 0 aliphatic carbocycles. The first-order valence-electron chi connectivity index (χ1n) is 11.1. The SMILES string of the molecule is COc1ccc2nnc(C(F)(F)c3cccc(-c4ncc(OCCN5CCOCC5)cn4)c3)n2n1. The van der Waals surface area contributed by atoms with Gasteiger partial charge in [0.1, 0.15) is 6.61 Å². The highest BCUT2D eigenvalue weighted by Crippen LogP contribution is 2.36. The van der Waals surface area contributed by atoms with Crippen molar-refractivity contribution in [3.05, 3.63) is 60.2 Å². The quantitative estimate of drug-likeness (QED) is 0.374. The minimum absolute atomic E-state index is 0.170. The lowest BCUT2D eigenvalue weighted by Crippen LogP contribution is -2.38. The van der Waals surface area contributed by atoms with E-state index in [1.54, 1.807) is 6.07 Å². The van der Waals surface area contributed by atoms with Crippen LogP contribution in [0.1, 0.15) is 11.4 Å². The standard InChI is InChI=1S/C23H23F2N7O3/c1-33-20-6-5-19-28-29-22(32(19)30-20)23(24,25)17-4-2-3-16(13-17)21-26-14-18(15-27-21)35-12-9-31-7-10-34-11-8-31/h2-6,13-15H,7-12H2,1H3. The van der Waals surface area contributed by atoms with Crippen molar-refractivity contribution in [3.8, 4) is 23.0 Å². The molecule has 182 valence electrons. The molecule has 1 aliphatic heterocycles. The Bertz CT molecular complexity index is 1290. The lowest BCUT2D eigenvalue weighted by Gasteiger charge is -2.26. The van der Waals surface area contributed by atoms with Gasteiger partial charge < -0.3 is 14.2 Å². The van der Waals surface area contributed by atoms with Gasteiger partial charge in [-0.05, 0) is 12.1 Å². The van der Waals surface area contributed by atoms with Crippen LogP contribution >= 0.6 is 0 Å². The molecule has 0 unspecified atom stereocenters. The summed E-state index contributed by atoms with van der Waals surface area (Å²) in [5, 5.41) is 11.5. The van der Waals surface area contributed by atoms with E-state index in [2.05, 4.69) is 30.2 Å². The van der Waals surface area contributed by atoms with Crippen LogP contribution in [0.25, 0.3) is 17.0 Å². The van der Waals surface area contributed by atoms with Crippen LogP contribution in [0.2, 0.25) is 0 Å². The number of benzene rings is 1. The number of alkyl halides is 2. The maximum absolute atomic E-state index is 15.5. The van der Waals surface area contributed by atoms with Crippen LogP contribution in [0.5, 0.6) is 11.6 Å². The van der Waals surface area contributed by atoms with Crippen molar-refractivity contribution in [2.45, 2.75) is 5.92 Å². The minimum atomic E-state index is -3.47. The Morgan fingerprint density at radius 1 is 1.06 bits per heavy atom. The molecule has 1 aromatic carbocycles. The Balaban J connectivity index is 1.32. The summed E-state index contributed by atoms with van der Waals surface area (Å²) in [6, 6.07) is 8.86. The third-order valence-corrected chi connectivity index (χ3v) is 5.62. The highest BCUT2D eigenvalue weighted by molar-refractivity contribution is 5.57. The van der Waals surface area contributed by atoms with Crippen molar-refractivity contribution in [1.29, 1.82) is 0 Å². The second-order valence-electron chi connectivity index (χ2n) is 7.87. The van der Waals surface area contributed by atoms with Crippen LogP contribution in [0.3, 0.4) is 0 Å². The molecule has 3 aromatic heterocycles. The van der Waals surface area contributed by atoms with E-state index < -0.39 is 11.7 Å². The highest BCUT2D eigenvalue weighted by atomic mass is 19.3. The number of aromatic nitrogens is 6. The van der Waals surface area contributed by atoms with Crippen LogP contribution in [0.4, 0.5) is 8.78 Å². The zero-order valence-corrected chi connectivity index (χ0v) is 19.0. The number of morpholine rings is 1. The molecule has 1 aliphatic rings. The molecular formula is C23H23F2N7O3. The van der Waals surface area contributed by atoms with E-state index in [-0.39, 0.29) is 17.1 Å². The fraction of sp³-hybridized carbons (Fsp3) is 0.348. The van der Waals surface area contributed by atoms with Gasteiger partial charge in [0.05, 0.1) is 32.7 Å². The third kappa shape index (κ3) is 4.88. The van der Waals surface area contributed by atoms with Gasteiger partial charge in [0.15, 0.2) is 17.2 Å². The van der Waals surface area contributed by atoms with Gasteiger partial charge >= 0.3 is 5.92 Å². The van der Waals surface area contributed by atoms with Crippen LogP contribution in [0.15, 0.2) is 48.8 Å². The van der Waals surface area contributed by atoms with Gasteiger partial charge in [0, 0.05) is 36.8 Å². The molecule has 0 atom stereocenters. The molecule has 4 aromatic rings. The van der Waals surface area contributed by atoms with Crippen LogP contribution in [-0.2, 0) is 10.7 Å². The fourth-order valence-corrected chi connectivity index (χ4v) is 3.72. The summed E-state index contributed by atoms with van der Waals surface area (Å²) in [7, 11) is 1.40. The Hall–Kier alpha value is -3.77. The lowest BCUT2D eigenvalue weighted by atomic mass is 10.0. The summed E-state index contributed by atoms with van der Waals surface area (Å²) in [5.41, 5.74) is 0.328. The molecule has 1 fully saturated rings. The maximum atomic E-state index is 15.5. The normalized spacial score (nSPS) is 14.8. The Morgan fingerprint density at radius 3 is 2.63 bits per heavy atom. The average Bonchev–Trinajstić information content (AvgIpc) is 3.34. The van der Waals surface area contributed by atoms with E-state index in [0.717, 1.165) is 37.4 Å². The first-order valence-corrected chi connectivity index (χ1v) is 11.1. The second-order valence-corrected chi connectivity index (χ2v) is 7.87. The average molecular weight is 483 g/mol. The predicted octanol–water partition coefficient (Wildman–Crippen LogP) is 2.44. The molecule has 0 amide bonds. The number of fused-ring (bicyclic) bond motifs is 1. The molecule has 0 radical (unpaired) electrons. The first-order chi connectivity index (χ1) is 17.0. The number of hydrogen-bond donors (Lipinski definition) is 0. The second kappa shape index (κ2) is 9.84. The van der Waals surface area contributed by atoms with Gasteiger partial charge in [0.2, 0.25) is 11.7 Å². The van der Waals surface area contributed by atoms with Crippen LogP contribution in [-0.4, -0.2) is 81.2 Å². The Morgan fingerprint density at radius 2 is 1.86 bits per heavy atom. The van der Waals surface area contributed by atoms with Crippen molar-refractivity contribution in [3.63, 3.8) is 0 Å². The minimum Gasteiger partial charge on any atom is -0.489 e. The molecule has 0 bridgehead atoms. The van der Waals surface area contributed by atoms with Crippen molar-refractivity contribution in [2.75, 3.05) is 46.6 Å². The lowest BCUT2D eigenvalue weighted by molar-refractivity contribution is 0.0305. The molecule has 5 rings (SSSR count). The molecule has 35 heavy (non-hydrogen) atoms. The number of rotatable bonds is 8. The molecule has 0 spiro atoms. The van der Waals surface area contributed by atoms with Crippen molar-refractivity contribution < 1.29 is 23.0 Å². The Kier molecular flexibility index (Phi) is 6.47. The number of nitrogens with zero attached hydrogens (tertiary/aromatic N) is 7. The topological polar surface area (TPSA) is 99.8 Å². The summed E-state index contributed by atoms with van der Waals surface area (Å²) >= 11 is 0. The fourth-order valence-electron chi connectivity index (χ4n) is 3.72. The number of halogens is 2. The third-order valence-electron chi connectivity index (χ3n) is 5.62. The summed E-state index contributed by atoms with van der Waals surface area (Å²) in [4.78, 5) is 10.9. The van der Waals surface area contributed by atoms with E-state index in [9.17, 15) is 0 Å².